The molecule has 0 fully saturated rings. The highest BCUT2D eigenvalue weighted by atomic mass is 32.2. The van der Waals surface area contributed by atoms with Gasteiger partial charge in [-0.05, 0) is 13.8 Å². The van der Waals surface area contributed by atoms with Crippen LogP contribution in [0.2, 0.25) is 0 Å². The molecule has 0 N–H and O–H groups in total. The Kier molecular flexibility index (Phi) is 15.3. The summed E-state index contributed by atoms with van der Waals surface area (Å²) in [6, 6.07) is 0. The fraction of sp³-hybridized carbons (Fsp3) is 1.00. The minimum atomic E-state index is 0. The highest BCUT2D eigenvalue weighted by molar-refractivity contribution is 7.89. The van der Waals surface area contributed by atoms with E-state index in [4.69, 9.17) is 8.37 Å². The lowest BCUT2D eigenvalue weighted by molar-refractivity contribution is 0.309. The van der Waals surface area contributed by atoms with Crippen LogP contribution in [0.3, 0.4) is 0 Å². The van der Waals surface area contributed by atoms with Crippen molar-refractivity contribution in [2.45, 2.75) is 13.8 Å². The van der Waals surface area contributed by atoms with Crippen LogP contribution in [-0.4, -0.2) is 13.2 Å². The summed E-state index contributed by atoms with van der Waals surface area (Å²) in [5, 5.41) is 0. The predicted octanol–water partition coefficient (Wildman–Crippen LogP) is 1.68. The largest absolute Gasteiger partial charge is 0.292 e. The molecular formula is C4H13O2PS. The lowest BCUT2D eigenvalue weighted by Gasteiger charge is -1.93. The van der Waals surface area contributed by atoms with Gasteiger partial charge in [0.1, 0.15) is 0 Å². The summed E-state index contributed by atoms with van der Waals surface area (Å²) in [6.07, 6.45) is 0. The van der Waals surface area contributed by atoms with Gasteiger partial charge in [0.05, 0.1) is 13.2 Å². The van der Waals surface area contributed by atoms with Crippen LogP contribution >= 0.6 is 22.2 Å². The summed E-state index contributed by atoms with van der Waals surface area (Å²) in [5.74, 6) is 0. The first-order valence-corrected chi connectivity index (χ1v) is 2.99. The molecule has 0 aliphatic rings. The molecule has 0 radical (unpaired) electrons. The second-order valence-electron chi connectivity index (χ2n) is 0.881. The van der Waals surface area contributed by atoms with Crippen molar-refractivity contribution in [1.29, 1.82) is 0 Å². The summed E-state index contributed by atoms with van der Waals surface area (Å²) in [4.78, 5) is 0. The van der Waals surface area contributed by atoms with Gasteiger partial charge in [-0.1, -0.05) is 0 Å². The molecule has 0 aromatic rings. The first-order valence-electron chi connectivity index (χ1n) is 2.32. The molecule has 0 bridgehead atoms. The summed E-state index contributed by atoms with van der Waals surface area (Å²) in [6.45, 7) is 5.24. The van der Waals surface area contributed by atoms with E-state index in [1.165, 1.54) is 0 Å². The number of hydrogen-bond donors (Lipinski definition) is 0. The van der Waals surface area contributed by atoms with E-state index >= 15 is 0 Å². The molecule has 52 valence electrons. The Hall–Kier alpha value is 0.700. The van der Waals surface area contributed by atoms with Crippen LogP contribution in [0.25, 0.3) is 0 Å². The van der Waals surface area contributed by atoms with Crippen molar-refractivity contribution in [2.75, 3.05) is 13.2 Å². The standard InChI is InChI=1S/C4H10O2S.H3P/c1-3-5-7-6-4-2;/h3-4H2,1-2H3;1H3. The van der Waals surface area contributed by atoms with Crippen LogP contribution in [0.15, 0.2) is 0 Å². The molecule has 0 amide bonds. The quantitative estimate of drug-likeness (QED) is 0.350. The van der Waals surface area contributed by atoms with Crippen LogP contribution < -0.4 is 0 Å². The third-order valence-electron chi connectivity index (χ3n) is 0.332. The van der Waals surface area contributed by atoms with Crippen molar-refractivity contribution < 1.29 is 8.37 Å². The lowest BCUT2D eigenvalue weighted by atomic mass is 10.9. The molecule has 0 saturated heterocycles. The van der Waals surface area contributed by atoms with Gasteiger partial charge in [-0.3, -0.25) is 8.37 Å². The Morgan fingerprint density at radius 1 is 1.12 bits per heavy atom. The van der Waals surface area contributed by atoms with Gasteiger partial charge in [0.2, 0.25) is 0 Å². The molecule has 0 aromatic carbocycles. The second kappa shape index (κ2) is 10.6. The van der Waals surface area contributed by atoms with Crippen LogP contribution in [0.5, 0.6) is 0 Å². The second-order valence-corrected chi connectivity index (χ2v) is 1.49. The summed E-state index contributed by atoms with van der Waals surface area (Å²) >= 11 is 1.05. The van der Waals surface area contributed by atoms with Gasteiger partial charge in [0.15, 0.2) is 12.3 Å². The molecule has 0 aliphatic carbocycles. The van der Waals surface area contributed by atoms with E-state index in [1.807, 2.05) is 13.8 Å². The Labute approximate surface area is 58.4 Å². The first-order chi connectivity index (χ1) is 3.41. The van der Waals surface area contributed by atoms with E-state index in [9.17, 15) is 0 Å². The zero-order valence-electron chi connectivity index (χ0n) is 5.35. The average Bonchev–Trinajstić information content (AvgIpc) is 1.69. The van der Waals surface area contributed by atoms with Crippen LogP contribution in [0, 0.1) is 0 Å². The lowest BCUT2D eigenvalue weighted by Crippen LogP contribution is -1.80. The molecule has 0 aromatic heterocycles. The SMILES string of the molecule is CCOSOCC.P. The summed E-state index contributed by atoms with van der Waals surface area (Å²) in [7, 11) is 0. The van der Waals surface area contributed by atoms with Crippen molar-refractivity contribution in [3.8, 4) is 0 Å². The minimum absolute atomic E-state index is 0. The van der Waals surface area contributed by atoms with E-state index in [0.29, 0.717) is 13.2 Å². The number of rotatable bonds is 4. The zero-order valence-corrected chi connectivity index (χ0v) is 7.58. The van der Waals surface area contributed by atoms with Gasteiger partial charge in [0, 0.05) is 0 Å². The Bertz CT molecular complexity index is 33.2. The van der Waals surface area contributed by atoms with Gasteiger partial charge >= 0.3 is 0 Å². The highest BCUT2D eigenvalue weighted by Gasteiger charge is 1.79. The van der Waals surface area contributed by atoms with E-state index in [2.05, 4.69) is 0 Å². The molecule has 4 heteroatoms. The molecule has 8 heavy (non-hydrogen) atoms. The van der Waals surface area contributed by atoms with E-state index < -0.39 is 0 Å². The molecule has 1 atom stereocenters. The van der Waals surface area contributed by atoms with Crippen LogP contribution in [0.1, 0.15) is 13.8 Å². The molecule has 0 rings (SSSR count). The Balaban J connectivity index is 0. The topological polar surface area (TPSA) is 18.5 Å². The maximum atomic E-state index is 4.77. The molecular weight excluding hydrogens is 143 g/mol. The van der Waals surface area contributed by atoms with Crippen molar-refractivity contribution >= 4 is 22.2 Å². The minimum Gasteiger partial charge on any atom is -0.292 e. The highest BCUT2D eigenvalue weighted by Crippen LogP contribution is 2.01. The maximum Gasteiger partial charge on any atom is 0.158 e. The van der Waals surface area contributed by atoms with Gasteiger partial charge in [-0.15, -0.1) is 0 Å². The fourth-order valence-corrected chi connectivity index (χ4v) is 0.391. The monoisotopic (exact) mass is 156 g/mol. The van der Waals surface area contributed by atoms with E-state index in [0.717, 1.165) is 12.3 Å². The van der Waals surface area contributed by atoms with Crippen molar-refractivity contribution in [2.24, 2.45) is 0 Å². The third-order valence-corrected chi connectivity index (χ3v) is 0.996. The smallest absolute Gasteiger partial charge is 0.158 e. The molecule has 1 unspecified atom stereocenters. The summed E-state index contributed by atoms with van der Waals surface area (Å²) in [5.41, 5.74) is 0. The van der Waals surface area contributed by atoms with Gasteiger partial charge in [-0.25, -0.2) is 0 Å². The zero-order chi connectivity index (χ0) is 5.54. The maximum absolute atomic E-state index is 4.77. The fourth-order valence-electron chi connectivity index (χ4n) is 0.130. The average molecular weight is 156 g/mol. The molecule has 0 aliphatic heterocycles. The Morgan fingerprint density at radius 2 is 1.50 bits per heavy atom. The van der Waals surface area contributed by atoms with Gasteiger partial charge in [0.25, 0.3) is 0 Å². The molecule has 2 nitrogen and oxygen atoms in total. The van der Waals surface area contributed by atoms with Crippen molar-refractivity contribution in [3.63, 3.8) is 0 Å². The molecule has 0 heterocycles. The summed E-state index contributed by atoms with van der Waals surface area (Å²) < 4.78 is 9.54. The van der Waals surface area contributed by atoms with Crippen LogP contribution in [-0.2, 0) is 8.37 Å². The predicted molar refractivity (Wildman–Crippen MR) is 41.9 cm³/mol. The van der Waals surface area contributed by atoms with Crippen LogP contribution in [0.4, 0.5) is 0 Å². The van der Waals surface area contributed by atoms with Crippen molar-refractivity contribution in [3.05, 3.63) is 0 Å². The Morgan fingerprint density at radius 3 is 1.75 bits per heavy atom. The first kappa shape index (κ1) is 11.5. The molecule has 0 spiro atoms. The van der Waals surface area contributed by atoms with Gasteiger partial charge in [-0.2, -0.15) is 9.90 Å². The normalized spacial score (nSPS) is 8.25. The van der Waals surface area contributed by atoms with E-state index in [-0.39, 0.29) is 9.90 Å². The third kappa shape index (κ3) is 9.85. The van der Waals surface area contributed by atoms with E-state index in [1.54, 1.807) is 0 Å². The van der Waals surface area contributed by atoms with Gasteiger partial charge < -0.3 is 0 Å². The number of hydrogen-bond acceptors (Lipinski definition) is 3. The van der Waals surface area contributed by atoms with Crippen molar-refractivity contribution in [1.82, 2.24) is 0 Å². The molecule has 0 saturated carbocycles.